The molecule has 0 fully saturated rings. The van der Waals surface area contributed by atoms with Gasteiger partial charge in [-0.1, -0.05) is 20.8 Å². The predicted octanol–water partition coefficient (Wildman–Crippen LogP) is 3.64. The number of hydrogen-bond donors (Lipinski definition) is 1. The highest BCUT2D eigenvalue weighted by Gasteiger charge is 2.29. The number of ether oxygens (including phenoxy) is 1. The standard InChI is InChI=1S/C15H17BrN2O3/c1-15(2,3)13-11(16)12(14(19)20)17-18(13)9-5-7-10(21-4)8-6-9/h5-8H,1-4H3,(H,19,20). The number of halogens is 1. The van der Waals surface area contributed by atoms with Gasteiger partial charge in [0.1, 0.15) is 5.75 Å². The quantitative estimate of drug-likeness (QED) is 0.915. The normalized spacial score (nSPS) is 11.5. The average molecular weight is 353 g/mol. The van der Waals surface area contributed by atoms with Crippen molar-refractivity contribution in [2.45, 2.75) is 26.2 Å². The molecule has 0 amide bonds. The first-order chi connectivity index (χ1) is 9.75. The lowest BCUT2D eigenvalue weighted by Gasteiger charge is -2.21. The Labute approximate surface area is 131 Å². The molecule has 0 spiro atoms. The lowest BCUT2D eigenvalue weighted by molar-refractivity contribution is 0.0689. The van der Waals surface area contributed by atoms with E-state index in [0.717, 1.165) is 17.1 Å². The molecule has 0 radical (unpaired) electrons. The van der Waals surface area contributed by atoms with Crippen LogP contribution < -0.4 is 4.74 Å². The van der Waals surface area contributed by atoms with Gasteiger partial charge in [0, 0.05) is 5.41 Å². The number of carbonyl (C=O) groups is 1. The maximum absolute atomic E-state index is 11.3. The third-order valence-corrected chi connectivity index (χ3v) is 3.81. The second-order valence-electron chi connectivity index (χ2n) is 5.68. The van der Waals surface area contributed by atoms with Gasteiger partial charge >= 0.3 is 5.97 Å². The van der Waals surface area contributed by atoms with E-state index in [4.69, 9.17) is 4.74 Å². The highest BCUT2D eigenvalue weighted by Crippen LogP contribution is 2.34. The summed E-state index contributed by atoms with van der Waals surface area (Å²) < 4.78 is 7.31. The van der Waals surface area contributed by atoms with Crippen molar-refractivity contribution in [1.29, 1.82) is 0 Å². The van der Waals surface area contributed by atoms with E-state index in [1.807, 2.05) is 45.0 Å². The largest absolute Gasteiger partial charge is 0.497 e. The average Bonchev–Trinajstić information content (AvgIpc) is 2.76. The van der Waals surface area contributed by atoms with E-state index in [-0.39, 0.29) is 11.1 Å². The Morgan fingerprint density at radius 2 is 1.86 bits per heavy atom. The van der Waals surface area contributed by atoms with Crippen molar-refractivity contribution in [3.63, 3.8) is 0 Å². The van der Waals surface area contributed by atoms with Crippen molar-refractivity contribution in [2.75, 3.05) is 7.11 Å². The number of carboxylic acid groups (broad SMARTS) is 1. The van der Waals surface area contributed by atoms with Crippen molar-refractivity contribution in [1.82, 2.24) is 9.78 Å². The van der Waals surface area contributed by atoms with Gasteiger partial charge in [-0.25, -0.2) is 9.48 Å². The molecule has 0 atom stereocenters. The molecule has 0 bridgehead atoms. The molecule has 0 saturated carbocycles. The summed E-state index contributed by atoms with van der Waals surface area (Å²) in [4.78, 5) is 11.3. The van der Waals surface area contributed by atoms with Gasteiger partial charge in [-0.3, -0.25) is 0 Å². The molecule has 0 aliphatic carbocycles. The monoisotopic (exact) mass is 352 g/mol. The minimum Gasteiger partial charge on any atom is -0.497 e. The summed E-state index contributed by atoms with van der Waals surface area (Å²) >= 11 is 3.38. The summed E-state index contributed by atoms with van der Waals surface area (Å²) in [5, 5.41) is 13.5. The number of benzene rings is 1. The van der Waals surface area contributed by atoms with Crippen LogP contribution in [0.15, 0.2) is 28.7 Å². The van der Waals surface area contributed by atoms with Crippen LogP contribution in [0.5, 0.6) is 5.75 Å². The van der Waals surface area contributed by atoms with E-state index in [1.165, 1.54) is 0 Å². The number of aromatic nitrogens is 2. The van der Waals surface area contributed by atoms with Crippen LogP contribution in [0, 0.1) is 0 Å². The molecule has 6 heteroatoms. The smallest absolute Gasteiger partial charge is 0.357 e. The topological polar surface area (TPSA) is 64.4 Å². The molecule has 5 nitrogen and oxygen atoms in total. The Balaban J connectivity index is 2.66. The third-order valence-electron chi connectivity index (χ3n) is 3.06. The van der Waals surface area contributed by atoms with Crippen LogP contribution in [-0.4, -0.2) is 28.0 Å². The van der Waals surface area contributed by atoms with E-state index in [9.17, 15) is 9.90 Å². The minimum absolute atomic E-state index is 0.00995. The first-order valence-corrected chi connectivity index (χ1v) is 7.21. The molecule has 0 aliphatic rings. The summed E-state index contributed by atoms with van der Waals surface area (Å²) in [5.41, 5.74) is 1.34. The third kappa shape index (κ3) is 2.95. The second-order valence-corrected chi connectivity index (χ2v) is 6.47. The molecule has 0 aliphatic heterocycles. The van der Waals surface area contributed by atoms with Crippen molar-refractivity contribution in [3.05, 3.63) is 40.1 Å². The number of hydrogen-bond acceptors (Lipinski definition) is 3. The summed E-state index contributed by atoms with van der Waals surface area (Å²) in [5.74, 6) is -0.319. The first-order valence-electron chi connectivity index (χ1n) is 6.42. The molecular formula is C15H17BrN2O3. The van der Waals surface area contributed by atoms with Crippen LogP contribution in [0.4, 0.5) is 0 Å². The summed E-state index contributed by atoms with van der Waals surface area (Å²) in [6, 6.07) is 7.33. The molecular weight excluding hydrogens is 336 g/mol. The Morgan fingerprint density at radius 1 is 1.29 bits per heavy atom. The Hall–Kier alpha value is -1.82. The SMILES string of the molecule is COc1ccc(-n2nc(C(=O)O)c(Br)c2C(C)(C)C)cc1. The number of aromatic carboxylic acids is 1. The van der Waals surface area contributed by atoms with Crippen molar-refractivity contribution in [3.8, 4) is 11.4 Å². The Morgan fingerprint density at radius 3 is 2.29 bits per heavy atom. The molecule has 1 aromatic carbocycles. The van der Waals surface area contributed by atoms with Gasteiger partial charge in [0.05, 0.1) is 23.0 Å². The maximum Gasteiger partial charge on any atom is 0.357 e. The van der Waals surface area contributed by atoms with E-state index in [2.05, 4.69) is 21.0 Å². The van der Waals surface area contributed by atoms with Crippen LogP contribution in [0.1, 0.15) is 37.0 Å². The van der Waals surface area contributed by atoms with E-state index in [1.54, 1.807) is 11.8 Å². The van der Waals surface area contributed by atoms with Gasteiger partial charge in [-0.05, 0) is 40.2 Å². The molecule has 1 N–H and O–H groups in total. The second kappa shape index (κ2) is 5.52. The highest BCUT2D eigenvalue weighted by atomic mass is 79.9. The van der Waals surface area contributed by atoms with Crippen molar-refractivity contribution >= 4 is 21.9 Å². The van der Waals surface area contributed by atoms with Crippen LogP contribution in [0.2, 0.25) is 0 Å². The number of methoxy groups -OCH3 is 1. The van der Waals surface area contributed by atoms with Gasteiger partial charge in [0.2, 0.25) is 0 Å². The van der Waals surface area contributed by atoms with Crippen LogP contribution in [0.25, 0.3) is 5.69 Å². The minimum atomic E-state index is -1.06. The molecule has 0 unspecified atom stereocenters. The number of rotatable bonds is 3. The highest BCUT2D eigenvalue weighted by molar-refractivity contribution is 9.10. The van der Waals surface area contributed by atoms with E-state index >= 15 is 0 Å². The van der Waals surface area contributed by atoms with Crippen molar-refractivity contribution in [2.24, 2.45) is 0 Å². The number of carboxylic acids is 1. The van der Waals surface area contributed by atoms with Crippen LogP contribution >= 0.6 is 15.9 Å². The van der Waals surface area contributed by atoms with Gasteiger partial charge in [-0.2, -0.15) is 5.10 Å². The fraction of sp³-hybridized carbons (Fsp3) is 0.333. The van der Waals surface area contributed by atoms with Gasteiger partial charge < -0.3 is 9.84 Å². The zero-order chi connectivity index (χ0) is 15.8. The molecule has 21 heavy (non-hydrogen) atoms. The van der Waals surface area contributed by atoms with Gasteiger partial charge in [0.25, 0.3) is 0 Å². The Kier molecular flexibility index (Phi) is 4.09. The lowest BCUT2D eigenvalue weighted by atomic mass is 9.91. The van der Waals surface area contributed by atoms with Crippen LogP contribution in [-0.2, 0) is 5.41 Å². The number of nitrogens with zero attached hydrogens (tertiary/aromatic N) is 2. The summed E-state index contributed by atoms with van der Waals surface area (Å²) in [6.45, 7) is 6.04. The fourth-order valence-electron chi connectivity index (χ4n) is 2.09. The zero-order valence-electron chi connectivity index (χ0n) is 12.3. The molecule has 2 rings (SSSR count). The van der Waals surface area contributed by atoms with Gasteiger partial charge in [0.15, 0.2) is 5.69 Å². The molecule has 1 aromatic heterocycles. The molecule has 0 saturated heterocycles. The van der Waals surface area contributed by atoms with E-state index < -0.39 is 5.97 Å². The predicted molar refractivity (Wildman–Crippen MR) is 83.5 cm³/mol. The zero-order valence-corrected chi connectivity index (χ0v) is 13.9. The summed E-state index contributed by atoms with van der Waals surface area (Å²) in [7, 11) is 1.60. The Bertz CT molecular complexity index is 669. The first kappa shape index (κ1) is 15.6. The van der Waals surface area contributed by atoms with E-state index in [0.29, 0.717) is 4.47 Å². The molecule has 1 heterocycles. The maximum atomic E-state index is 11.3. The summed E-state index contributed by atoms with van der Waals surface area (Å²) in [6.07, 6.45) is 0. The molecule has 2 aromatic rings. The van der Waals surface area contributed by atoms with Gasteiger partial charge in [-0.15, -0.1) is 0 Å². The van der Waals surface area contributed by atoms with Crippen molar-refractivity contribution < 1.29 is 14.6 Å². The fourth-order valence-corrected chi connectivity index (χ4v) is 3.10. The lowest BCUT2D eigenvalue weighted by Crippen LogP contribution is -2.18. The van der Waals surface area contributed by atoms with Crippen LogP contribution in [0.3, 0.4) is 0 Å². The molecule has 112 valence electrons.